The summed E-state index contributed by atoms with van der Waals surface area (Å²) < 4.78 is 4.52. The van der Waals surface area contributed by atoms with E-state index in [2.05, 4.69) is 4.74 Å². The lowest BCUT2D eigenvalue weighted by molar-refractivity contribution is -0.150. The van der Waals surface area contributed by atoms with Crippen LogP contribution in [0.4, 0.5) is 0 Å². The Hall–Kier alpha value is -1.10. The van der Waals surface area contributed by atoms with Gasteiger partial charge < -0.3 is 15.4 Å². The van der Waals surface area contributed by atoms with Crippen molar-refractivity contribution in [3.63, 3.8) is 0 Å². The Balaban J connectivity index is 4.68. The summed E-state index contributed by atoms with van der Waals surface area (Å²) in [6, 6.07) is -0.0839. The number of carbonyl (C=O) groups is 2. The summed E-state index contributed by atoms with van der Waals surface area (Å²) in [7, 11) is 1.29. The van der Waals surface area contributed by atoms with Gasteiger partial charge >= 0.3 is 5.97 Å². The molecule has 0 saturated carbocycles. The monoisotopic (exact) mass is 216 g/mol. The maximum absolute atomic E-state index is 11.9. The molecule has 0 fully saturated rings. The highest BCUT2D eigenvalue weighted by Crippen LogP contribution is 2.08. The average Bonchev–Trinajstić information content (AvgIpc) is 2.10. The quantitative estimate of drug-likeness (QED) is 0.678. The Labute approximate surface area is 90.6 Å². The van der Waals surface area contributed by atoms with Crippen LogP contribution < -0.4 is 5.73 Å². The van der Waals surface area contributed by atoms with E-state index in [0.717, 1.165) is 0 Å². The number of hydrogen-bond donors (Lipinski definition) is 1. The van der Waals surface area contributed by atoms with Crippen LogP contribution in [0, 0.1) is 0 Å². The van der Waals surface area contributed by atoms with Gasteiger partial charge in [-0.15, -0.1) is 0 Å². The molecule has 0 unspecified atom stereocenters. The Kier molecular flexibility index (Phi) is 4.74. The van der Waals surface area contributed by atoms with Gasteiger partial charge in [0.15, 0.2) is 0 Å². The first kappa shape index (κ1) is 13.9. The number of rotatable bonds is 4. The van der Waals surface area contributed by atoms with E-state index in [-0.39, 0.29) is 18.5 Å². The number of methoxy groups -OCH3 is 1. The molecule has 0 radical (unpaired) electrons. The van der Waals surface area contributed by atoms with Crippen LogP contribution in [-0.2, 0) is 14.3 Å². The molecule has 0 saturated heterocycles. The molecule has 0 aliphatic carbocycles. The molecule has 88 valence electrons. The molecule has 0 rings (SSSR count). The fourth-order valence-electron chi connectivity index (χ4n) is 1.06. The normalized spacial score (nSPS) is 11.4. The van der Waals surface area contributed by atoms with Gasteiger partial charge in [0.05, 0.1) is 12.6 Å². The van der Waals surface area contributed by atoms with Crippen LogP contribution in [0.15, 0.2) is 0 Å². The predicted octanol–water partition coefficient (Wildman–Crippen LogP) is 0.134. The molecule has 5 nitrogen and oxygen atoms in total. The van der Waals surface area contributed by atoms with E-state index in [1.807, 2.05) is 13.8 Å². The highest BCUT2D eigenvalue weighted by atomic mass is 16.5. The molecule has 0 aromatic carbocycles. The molecule has 1 amide bonds. The third-order valence-electron chi connectivity index (χ3n) is 1.96. The Morgan fingerprint density at radius 3 is 2.13 bits per heavy atom. The summed E-state index contributed by atoms with van der Waals surface area (Å²) in [5.41, 5.74) is 4.72. The van der Waals surface area contributed by atoms with Gasteiger partial charge in [0.25, 0.3) is 0 Å². The van der Waals surface area contributed by atoms with Crippen LogP contribution >= 0.6 is 0 Å². The Morgan fingerprint density at radius 1 is 1.40 bits per heavy atom. The smallest absolute Gasteiger partial charge is 0.325 e. The summed E-state index contributed by atoms with van der Waals surface area (Å²) in [6.45, 7) is 6.82. The molecule has 0 aliphatic rings. The van der Waals surface area contributed by atoms with Gasteiger partial charge in [-0.1, -0.05) is 0 Å². The molecular formula is C10H20N2O3. The largest absolute Gasteiger partial charge is 0.468 e. The number of carbonyl (C=O) groups excluding carboxylic acids is 2. The van der Waals surface area contributed by atoms with E-state index in [1.165, 1.54) is 12.0 Å². The maximum Gasteiger partial charge on any atom is 0.325 e. The molecule has 0 aliphatic heterocycles. The second-order valence-corrected chi connectivity index (χ2v) is 4.32. The molecule has 0 aromatic heterocycles. The van der Waals surface area contributed by atoms with Crippen LogP contribution in [-0.4, -0.2) is 42.0 Å². The first-order valence-corrected chi connectivity index (χ1v) is 4.87. The summed E-state index contributed by atoms with van der Waals surface area (Å²) in [6.07, 6.45) is 0. The van der Waals surface area contributed by atoms with E-state index >= 15 is 0 Å². The fourth-order valence-corrected chi connectivity index (χ4v) is 1.06. The van der Waals surface area contributed by atoms with Crippen molar-refractivity contribution in [2.75, 3.05) is 13.7 Å². The summed E-state index contributed by atoms with van der Waals surface area (Å²) in [5.74, 6) is -0.704. The minimum Gasteiger partial charge on any atom is -0.468 e. The Morgan fingerprint density at radius 2 is 1.87 bits per heavy atom. The average molecular weight is 216 g/mol. The Bertz CT molecular complexity index is 244. The molecule has 5 heteroatoms. The van der Waals surface area contributed by atoms with Crippen LogP contribution in [0.25, 0.3) is 0 Å². The van der Waals surface area contributed by atoms with Gasteiger partial charge in [-0.3, -0.25) is 9.59 Å². The summed E-state index contributed by atoms with van der Waals surface area (Å²) in [4.78, 5) is 24.4. The van der Waals surface area contributed by atoms with Crippen LogP contribution in [0.5, 0.6) is 0 Å². The highest BCUT2D eigenvalue weighted by molar-refractivity contribution is 5.88. The van der Waals surface area contributed by atoms with Gasteiger partial charge in [-0.25, -0.2) is 0 Å². The van der Waals surface area contributed by atoms with Crippen molar-refractivity contribution in [1.82, 2.24) is 4.90 Å². The third-order valence-corrected chi connectivity index (χ3v) is 1.96. The topological polar surface area (TPSA) is 72.6 Å². The number of ether oxygens (including phenoxy) is 1. The van der Waals surface area contributed by atoms with E-state index in [0.29, 0.717) is 0 Å². The zero-order chi connectivity index (χ0) is 12.2. The molecule has 2 N–H and O–H groups in total. The van der Waals surface area contributed by atoms with Crippen molar-refractivity contribution >= 4 is 11.9 Å². The van der Waals surface area contributed by atoms with Crippen molar-refractivity contribution in [3.8, 4) is 0 Å². The molecule has 0 heterocycles. The molecule has 15 heavy (non-hydrogen) atoms. The van der Waals surface area contributed by atoms with Gasteiger partial charge in [-0.2, -0.15) is 0 Å². The van der Waals surface area contributed by atoms with Gasteiger partial charge in [-0.05, 0) is 27.7 Å². The number of hydrogen-bond acceptors (Lipinski definition) is 4. The zero-order valence-electron chi connectivity index (χ0n) is 10.0. The van der Waals surface area contributed by atoms with Gasteiger partial charge in [0.2, 0.25) is 5.91 Å². The van der Waals surface area contributed by atoms with Crippen molar-refractivity contribution in [1.29, 1.82) is 0 Å². The van der Waals surface area contributed by atoms with E-state index in [9.17, 15) is 9.59 Å². The molecular weight excluding hydrogens is 196 g/mol. The van der Waals surface area contributed by atoms with E-state index in [1.54, 1.807) is 13.8 Å². The van der Waals surface area contributed by atoms with E-state index in [4.69, 9.17) is 5.73 Å². The third kappa shape index (κ3) is 4.29. The van der Waals surface area contributed by atoms with Crippen LogP contribution in [0.1, 0.15) is 27.7 Å². The second-order valence-electron chi connectivity index (χ2n) is 4.32. The number of nitrogens with zero attached hydrogens (tertiary/aromatic N) is 1. The zero-order valence-corrected chi connectivity index (χ0v) is 10.0. The second kappa shape index (κ2) is 5.11. The highest BCUT2D eigenvalue weighted by Gasteiger charge is 2.30. The lowest BCUT2D eigenvalue weighted by atomic mass is 10.0. The number of nitrogens with two attached hydrogens (primary N) is 1. The molecule has 0 bridgehead atoms. The maximum atomic E-state index is 11.9. The first-order valence-electron chi connectivity index (χ1n) is 4.87. The lowest BCUT2D eigenvalue weighted by Gasteiger charge is -2.31. The summed E-state index contributed by atoms with van der Waals surface area (Å²) >= 11 is 0. The van der Waals surface area contributed by atoms with Crippen LogP contribution in [0.3, 0.4) is 0 Å². The molecule has 0 aromatic rings. The fraction of sp³-hybridized carbons (Fsp3) is 0.800. The first-order chi connectivity index (χ1) is 6.70. The number of esters is 1. The SMILES string of the molecule is COC(=O)CN(C(=O)C(C)(C)N)C(C)C. The lowest BCUT2D eigenvalue weighted by Crippen LogP contribution is -2.54. The summed E-state index contributed by atoms with van der Waals surface area (Å²) in [5, 5.41) is 0. The van der Waals surface area contributed by atoms with E-state index < -0.39 is 11.5 Å². The minimum atomic E-state index is -0.974. The van der Waals surface area contributed by atoms with Crippen molar-refractivity contribution < 1.29 is 14.3 Å². The van der Waals surface area contributed by atoms with Crippen molar-refractivity contribution in [2.45, 2.75) is 39.3 Å². The molecule has 0 atom stereocenters. The van der Waals surface area contributed by atoms with Crippen molar-refractivity contribution in [2.24, 2.45) is 5.73 Å². The minimum absolute atomic E-state index is 0.0619. The number of amides is 1. The van der Waals surface area contributed by atoms with Crippen molar-refractivity contribution in [3.05, 3.63) is 0 Å². The van der Waals surface area contributed by atoms with Gasteiger partial charge in [0, 0.05) is 6.04 Å². The van der Waals surface area contributed by atoms with Gasteiger partial charge in [0.1, 0.15) is 6.54 Å². The van der Waals surface area contributed by atoms with Crippen LogP contribution in [0.2, 0.25) is 0 Å². The standard InChI is InChI=1S/C10H20N2O3/c1-7(2)12(6-8(13)15-5)9(14)10(3,4)11/h7H,6,11H2,1-5H3. The molecule has 0 spiro atoms. The predicted molar refractivity (Wildman–Crippen MR) is 57.1 cm³/mol.